The van der Waals surface area contributed by atoms with Gasteiger partial charge in [-0.1, -0.05) is 87.1 Å². The number of phenols is 2. The summed E-state index contributed by atoms with van der Waals surface area (Å²) in [6.45, 7) is 20.6. The summed E-state index contributed by atoms with van der Waals surface area (Å²) in [6.07, 6.45) is 14.9. The van der Waals surface area contributed by atoms with E-state index < -0.39 is 23.9 Å². The number of rotatable bonds is 20. The summed E-state index contributed by atoms with van der Waals surface area (Å²) >= 11 is 0. The molecule has 0 fully saturated rings. The number of hydrogen-bond donors (Lipinski definition) is 4. The van der Waals surface area contributed by atoms with E-state index in [0.717, 1.165) is 99.3 Å². The van der Waals surface area contributed by atoms with E-state index in [9.17, 15) is 29.4 Å². The number of aryl methyl sites for hydroxylation is 2. The van der Waals surface area contributed by atoms with Gasteiger partial charge in [-0.15, -0.1) is 0 Å². The van der Waals surface area contributed by atoms with Gasteiger partial charge in [0.05, 0.1) is 25.7 Å². The number of carboxylic acids is 2. The molecule has 0 radical (unpaired) electrons. The van der Waals surface area contributed by atoms with Crippen LogP contribution in [0.15, 0.2) is 71.9 Å². The van der Waals surface area contributed by atoms with E-state index in [1.165, 1.54) is 11.1 Å². The Balaban J connectivity index is -0.00000110. The smallest absolute Gasteiger partial charge is 0.693 e. The van der Waals surface area contributed by atoms with Gasteiger partial charge in [0, 0.05) is 23.0 Å². The van der Waals surface area contributed by atoms with Crippen molar-refractivity contribution in [2.75, 3.05) is 0 Å². The number of ether oxygens (including phenoxy) is 2. The van der Waals surface area contributed by atoms with Crippen LogP contribution in [0, 0.1) is 26.7 Å². The van der Waals surface area contributed by atoms with Crippen LogP contribution in [0.1, 0.15) is 166 Å². The van der Waals surface area contributed by atoms with Crippen molar-refractivity contribution in [2.24, 2.45) is 11.8 Å². The maximum absolute atomic E-state index is 12.3. The van der Waals surface area contributed by atoms with Crippen molar-refractivity contribution < 1.29 is 70.1 Å². The number of esters is 2. The first kappa shape index (κ1) is 64.8. The maximum atomic E-state index is 12.3. The van der Waals surface area contributed by atoms with Crippen LogP contribution >= 0.6 is 0 Å². The third-order valence-corrected chi connectivity index (χ3v) is 11.5. The quantitative estimate of drug-likeness (QED) is 0.0322. The second kappa shape index (κ2) is 32.2. The molecule has 2 aliphatic rings. The van der Waals surface area contributed by atoms with E-state index in [-0.39, 0.29) is 109 Å². The van der Waals surface area contributed by atoms with Crippen LogP contribution in [-0.4, -0.2) is 44.3 Å². The minimum atomic E-state index is -1.04. The predicted molar refractivity (Wildman–Crippen MR) is 259 cm³/mol. The largest absolute Gasteiger partial charge is 4.00 e. The summed E-state index contributed by atoms with van der Waals surface area (Å²) in [5, 5.41) is 39.6. The molecule has 0 saturated carbocycles. The SMILES string of the molecule is C=C(C)C1CCC(C)=CC1c1c(O)cc(CCCCC)cc1OC(=O)CCC(=O)O.C=C(C)C1CCC(C)=CC1c1c(O)cc(CCCCC)cc1OC(=O)CCC(=O)O.[CH3-].[CH3-].[NH2-].[NH2-].[Pt+4]. The molecule has 0 aliphatic heterocycles. The summed E-state index contributed by atoms with van der Waals surface area (Å²) in [5.74, 6) is -2.39. The molecule has 0 amide bonds. The molecule has 366 valence electrons. The number of hydrogen-bond acceptors (Lipinski definition) is 8. The zero-order valence-electron chi connectivity index (χ0n) is 40.2. The van der Waals surface area contributed by atoms with Crippen LogP contribution in [0.2, 0.25) is 0 Å². The van der Waals surface area contributed by atoms with Crippen molar-refractivity contribution in [3.8, 4) is 23.0 Å². The van der Waals surface area contributed by atoms with E-state index in [4.69, 9.17) is 19.7 Å². The van der Waals surface area contributed by atoms with Crippen LogP contribution in [-0.2, 0) is 53.1 Å². The summed E-state index contributed by atoms with van der Waals surface area (Å²) in [6, 6.07) is 7.20. The monoisotopic (exact) mass is 1090 g/mol. The van der Waals surface area contributed by atoms with Crippen molar-refractivity contribution in [1.82, 2.24) is 0 Å². The summed E-state index contributed by atoms with van der Waals surface area (Å²) in [4.78, 5) is 46.3. The molecular weight excluding hydrogens is 1010 g/mol. The number of unbranched alkanes of at least 4 members (excludes halogenated alkanes) is 4. The zero-order valence-corrected chi connectivity index (χ0v) is 42.5. The average molecular weight is 1090 g/mol. The van der Waals surface area contributed by atoms with Gasteiger partial charge in [-0.05, 0) is 126 Å². The van der Waals surface area contributed by atoms with Gasteiger partial charge in [-0.2, -0.15) is 0 Å². The molecule has 65 heavy (non-hydrogen) atoms. The third-order valence-electron chi connectivity index (χ3n) is 11.5. The van der Waals surface area contributed by atoms with E-state index in [2.05, 4.69) is 53.0 Å². The van der Waals surface area contributed by atoms with E-state index in [1.54, 1.807) is 12.1 Å². The first-order valence-corrected chi connectivity index (χ1v) is 21.7. The molecule has 2 aromatic carbocycles. The van der Waals surface area contributed by atoms with E-state index >= 15 is 0 Å². The van der Waals surface area contributed by atoms with Crippen molar-refractivity contribution in [2.45, 2.75) is 156 Å². The number of aromatic hydroxyl groups is 2. The molecule has 0 heterocycles. The van der Waals surface area contributed by atoms with Gasteiger partial charge in [-0.25, -0.2) is 0 Å². The van der Waals surface area contributed by atoms with Gasteiger partial charge in [0.15, 0.2) is 0 Å². The minimum absolute atomic E-state index is 0. The Hall–Kier alpha value is -4.51. The Morgan fingerprint density at radius 3 is 1.25 bits per heavy atom. The van der Waals surface area contributed by atoms with Gasteiger partial charge in [-0.3, -0.25) is 19.2 Å². The van der Waals surface area contributed by atoms with Crippen LogP contribution in [0.4, 0.5) is 0 Å². The molecule has 0 aromatic heterocycles. The number of carboxylic acid groups (broad SMARTS) is 2. The van der Waals surface area contributed by atoms with Crippen molar-refractivity contribution in [1.29, 1.82) is 0 Å². The van der Waals surface area contributed by atoms with Crippen LogP contribution in [0.3, 0.4) is 0 Å². The Bertz CT molecular complexity index is 1800. The van der Waals surface area contributed by atoms with Crippen LogP contribution < -0.4 is 9.47 Å². The minimum Gasteiger partial charge on any atom is -0.693 e. The zero-order chi connectivity index (χ0) is 44.5. The maximum Gasteiger partial charge on any atom is 4.00 e. The molecule has 8 N–H and O–H groups in total. The van der Waals surface area contributed by atoms with Gasteiger partial charge in [0.1, 0.15) is 23.0 Å². The van der Waals surface area contributed by atoms with Gasteiger partial charge in [0.2, 0.25) is 0 Å². The molecule has 4 unspecified atom stereocenters. The van der Waals surface area contributed by atoms with Crippen molar-refractivity contribution in [3.63, 3.8) is 0 Å². The van der Waals surface area contributed by atoms with Crippen LogP contribution in [0.25, 0.3) is 12.3 Å². The van der Waals surface area contributed by atoms with Gasteiger partial charge in [0.25, 0.3) is 0 Å². The first-order valence-electron chi connectivity index (χ1n) is 21.7. The van der Waals surface area contributed by atoms with Crippen LogP contribution in [0.5, 0.6) is 23.0 Å². The van der Waals surface area contributed by atoms with Gasteiger partial charge >= 0.3 is 44.9 Å². The third kappa shape index (κ3) is 20.7. The number of allylic oxidation sites excluding steroid dienone is 6. The Labute approximate surface area is 404 Å². The molecule has 0 spiro atoms. The molecule has 0 saturated heterocycles. The Morgan fingerprint density at radius 1 is 0.615 bits per heavy atom. The second-order valence-electron chi connectivity index (χ2n) is 16.8. The molecule has 2 aliphatic carbocycles. The molecule has 4 atom stereocenters. The number of carbonyl (C=O) groups is 4. The number of aliphatic carboxylic acids is 2. The second-order valence-corrected chi connectivity index (χ2v) is 16.8. The predicted octanol–water partition coefficient (Wildman–Crippen LogP) is 14.2. The number of nitrogens with two attached hydrogens (primary N) is 2. The van der Waals surface area contributed by atoms with E-state index in [0.29, 0.717) is 22.6 Å². The first-order chi connectivity index (χ1) is 28.4. The fourth-order valence-corrected chi connectivity index (χ4v) is 8.20. The Morgan fingerprint density at radius 2 is 0.954 bits per heavy atom. The molecular formula is C52H78N2O10Pt. The fraction of sp³-hybridized carbons (Fsp3) is 0.500. The van der Waals surface area contributed by atoms with E-state index in [1.807, 2.05) is 26.0 Å². The molecule has 0 bridgehead atoms. The molecule has 4 rings (SSSR count). The standard InChI is InChI=1S/2C25H34O5.2CH3.2H2N.Pt/c2*1-5-6-7-8-18-14-21(26)25(20-13-17(4)9-10-19(20)16(2)3)22(15-18)30-24(29)12-11-23(27)28;;;;;/h2*13-15,19-20,26H,2,5-12H2,1,3-4H3,(H,27,28);2*1H3;2*1H2;/q;;4*-1;+4. The van der Waals surface area contributed by atoms with Crippen molar-refractivity contribution in [3.05, 3.63) is 121 Å². The molecule has 2 aromatic rings. The van der Waals surface area contributed by atoms with Crippen molar-refractivity contribution >= 4 is 23.9 Å². The summed E-state index contributed by atoms with van der Waals surface area (Å²) in [5.41, 5.74) is 7.51. The number of benzene rings is 2. The summed E-state index contributed by atoms with van der Waals surface area (Å²) in [7, 11) is 0. The normalized spacial score (nSPS) is 17.1. The van der Waals surface area contributed by atoms with Gasteiger partial charge < -0.3 is 57.1 Å². The fourth-order valence-electron chi connectivity index (χ4n) is 8.20. The topological polar surface area (TPSA) is 235 Å². The Kier molecular flexibility index (Phi) is 32.1. The number of phenolic OH excluding ortho intramolecular Hbond substituents is 2. The molecule has 13 heteroatoms. The molecule has 12 nitrogen and oxygen atoms in total. The average Bonchev–Trinajstić information content (AvgIpc) is 3.16. The summed E-state index contributed by atoms with van der Waals surface area (Å²) < 4.78 is 11.2. The number of carbonyl (C=O) groups excluding carboxylic acids is 2.